The van der Waals surface area contributed by atoms with Gasteiger partial charge in [-0.05, 0) is 39.0 Å². The van der Waals surface area contributed by atoms with Crippen molar-refractivity contribution in [3.05, 3.63) is 11.5 Å². The molecular weight excluding hydrogens is 290 g/mol. The molecule has 0 bridgehead atoms. The summed E-state index contributed by atoms with van der Waals surface area (Å²) in [5.41, 5.74) is 0.795. The average Bonchev–Trinajstić information content (AvgIpc) is 3.26. The van der Waals surface area contributed by atoms with Crippen LogP contribution in [-0.4, -0.2) is 45.4 Å². The Labute approximate surface area is 136 Å². The van der Waals surface area contributed by atoms with E-state index in [4.69, 9.17) is 9.98 Å². The minimum absolute atomic E-state index is 0.0578. The third-order valence-corrected chi connectivity index (χ3v) is 6.07. The zero-order valence-electron chi connectivity index (χ0n) is 13.8. The number of guanidine groups is 1. The first kappa shape index (κ1) is 13.6. The molecule has 0 unspecified atom stereocenters. The molecule has 0 radical (unpaired) electrons. The lowest BCUT2D eigenvalue weighted by atomic mass is 10.1. The van der Waals surface area contributed by atoms with Crippen molar-refractivity contribution in [3.63, 3.8) is 0 Å². The van der Waals surface area contributed by atoms with Gasteiger partial charge in [-0.1, -0.05) is 12.8 Å². The molecule has 5 rings (SSSR count). The van der Waals surface area contributed by atoms with E-state index in [9.17, 15) is 4.79 Å². The van der Waals surface area contributed by atoms with Crippen molar-refractivity contribution in [1.82, 2.24) is 14.5 Å². The number of rotatable bonds is 1. The molecule has 4 aliphatic rings. The molecule has 0 spiro atoms. The summed E-state index contributed by atoms with van der Waals surface area (Å²) in [6.45, 7) is 2.04. The van der Waals surface area contributed by atoms with Gasteiger partial charge in [0.15, 0.2) is 11.5 Å². The highest BCUT2D eigenvalue weighted by molar-refractivity contribution is 6.18. The van der Waals surface area contributed by atoms with Gasteiger partial charge in [-0.3, -0.25) is 14.6 Å². The average molecular weight is 313 g/mol. The minimum atomic E-state index is 0.0578. The molecule has 122 valence electrons. The lowest BCUT2D eigenvalue weighted by Gasteiger charge is -2.35. The van der Waals surface area contributed by atoms with Gasteiger partial charge in [0, 0.05) is 13.1 Å². The maximum absolute atomic E-state index is 13.0. The van der Waals surface area contributed by atoms with Crippen LogP contribution in [0.2, 0.25) is 0 Å². The maximum atomic E-state index is 13.0. The molecule has 1 aromatic heterocycles. The van der Waals surface area contributed by atoms with Crippen LogP contribution in [0, 0.1) is 6.92 Å². The van der Waals surface area contributed by atoms with Gasteiger partial charge in [0.05, 0.1) is 12.1 Å². The summed E-state index contributed by atoms with van der Waals surface area (Å²) >= 11 is 0. The predicted octanol–water partition coefficient (Wildman–Crippen LogP) is 2.49. The summed E-state index contributed by atoms with van der Waals surface area (Å²) in [6, 6.07) is 1.16. The van der Waals surface area contributed by atoms with Crippen LogP contribution in [0.15, 0.2) is 4.99 Å². The molecule has 0 aromatic carbocycles. The number of aryl methyl sites for hydroxylation is 1. The van der Waals surface area contributed by atoms with Gasteiger partial charge in [-0.15, -0.1) is 0 Å². The first-order valence-corrected chi connectivity index (χ1v) is 8.90. The molecule has 2 aliphatic heterocycles. The Kier molecular flexibility index (Phi) is 2.71. The lowest BCUT2D eigenvalue weighted by Crippen LogP contribution is -2.51. The summed E-state index contributed by atoms with van der Waals surface area (Å²) in [6.07, 6.45) is 8.32. The Morgan fingerprint density at radius 1 is 1.09 bits per heavy atom. The van der Waals surface area contributed by atoms with Gasteiger partial charge >= 0.3 is 0 Å². The van der Waals surface area contributed by atoms with E-state index in [-0.39, 0.29) is 5.91 Å². The highest BCUT2D eigenvalue weighted by atomic mass is 16.2. The van der Waals surface area contributed by atoms with Crippen LogP contribution in [0.3, 0.4) is 0 Å². The van der Waals surface area contributed by atoms with Crippen LogP contribution in [0.25, 0.3) is 0 Å². The fourth-order valence-electron chi connectivity index (χ4n) is 4.99. The first-order chi connectivity index (χ1) is 11.2. The third kappa shape index (κ3) is 1.66. The number of carbonyl (C=O) groups is 1. The standard InChI is InChI=1S/C17H23N5O/c1-10-18-15-14(21(10)11-6-3-4-7-11)16(23)20(2)17-19-12-8-5-9-13(12)22(15)17/h11-13H,3-9H2,1-2H3/t12-,13+/m1/s1. The number of hydrogen-bond acceptors (Lipinski definition) is 4. The van der Waals surface area contributed by atoms with Crippen molar-refractivity contribution in [1.29, 1.82) is 0 Å². The number of fused-ring (bicyclic) bond motifs is 5. The summed E-state index contributed by atoms with van der Waals surface area (Å²) in [5.74, 6) is 2.72. The molecule has 1 amide bonds. The van der Waals surface area contributed by atoms with Crippen molar-refractivity contribution in [2.75, 3.05) is 11.9 Å². The topological polar surface area (TPSA) is 53.7 Å². The van der Waals surface area contributed by atoms with E-state index >= 15 is 0 Å². The van der Waals surface area contributed by atoms with Gasteiger partial charge in [0.25, 0.3) is 5.91 Å². The fourth-order valence-corrected chi connectivity index (χ4v) is 4.99. The molecule has 6 heteroatoms. The summed E-state index contributed by atoms with van der Waals surface area (Å²) < 4.78 is 2.22. The molecule has 6 nitrogen and oxygen atoms in total. The molecule has 1 aromatic rings. The third-order valence-electron chi connectivity index (χ3n) is 6.07. The lowest BCUT2D eigenvalue weighted by molar-refractivity contribution is 0.0852. The van der Waals surface area contributed by atoms with Crippen LogP contribution in [0.5, 0.6) is 0 Å². The van der Waals surface area contributed by atoms with Crippen LogP contribution >= 0.6 is 0 Å². The maximum Gasteiger partial charge on any atom is 0.280 e. The second kappa shape index (κ2) is 4.58. The number of amides is 1. The molecule has 2 atom stereocenters. The van der Waals surface area contributed by atoms with Gasteiger partial charge in [-0.25, -0.2) is 9.98 Å². The monoisotopic (exact) mass is 313 g/mol. The fraction of sp³-hybridized carbons (Fsp3) is 0.706. The zero-order chi connectivity index (χ0) is 15.7. The SMILES string of the molecule is Cc1nc2c(n1C1CCCC1)C(=O)N(C)C1=N[C@@H]3CCC[C@@H]3N12. The molecule has 23 heavy (non-hydrogen) atoms. The molecular formula is C17H23N5O. The normalized spacial score (nSPS) is 29.8. The number of hydrogen-bond donors (Lipinski definition) is 0. The Balaban J connectivity index is 1.68. The van der Waals surface area contributed by atoms with Crippen LogP contribution in [-0.2, 0) is 0 Å². The Hall–Kier alpha value is -1.85. The second-order valence-corrected chi connectivity index (χ2v) is 7.37. The minimum Gasteiger partial charge on any atom is -0.319 e. The van der Waals surface area contributed by atoms with Gasteiger partial charge in [-0.2, -0.15) is 0 Å². The summed E-state index contributed by atoms with van der Waals surface area (Å²) in [7, 11) is 1.86. The molecule has 2 aliphatic carbocycles. The number of nitrogens with zero attached hydrogens (tertiary/aromatic N) is 5. The van der Waals surface area contributed by atoms with Crippen molar-refractivity contribution in [3.8, 4) is 0 Å². The molecule has 2 fully saturated rings. The molecule has 3 heterocycles. The number of anilines is 1. The Morgan fingerprint density at radius 3 is 2.65 bits per heavy atom. The number of imidazole rings is 1. The van der Waals surface area contributed by atoms with E-state index in [1.54, 1.807) is 4.90 Å². The molecule has 0 N–H and O–H groups in total. The second-order valence-electron chi connectivity index (χ2n) is 7.37. The first-order valence-electron chi connectivity index (χ1n) is 8.90. The van der Waals surface area contributed by atoms with Gasteiger partial charge in [0.1, 0.15) is 5.82 Å². The highest BCUT2D eigenvalue weighted by Gasteiger charge is 2.49. The van der Waals surface area contributed by atoms with E-state index in [1.807, 2.05) is 14.0 Å². The van der Waals surface area contributed by atoms with Gasteiger partial charge in [0.2, 0.25) is 5.96 Å². The van der Waals surface area contributed by atoms with E-state index in [0.717, 1.165) is 49.0 Å². The van der Waals surface area contributed by atoms with Gasteiger partial charge < -0.3 is 4.57 Å². The van der Waals surface area contributed by atoms with Crippen molar-refractivity contribution >= 4 is 17.7 Å². The Morgan fingerprint density at radius 2 is 1.87 bits per heavy atom. The number of carbonyl (C=O) groups excluding carboxylic acids is 1. The molecule has 2 saturated carbocycles. The Bertz CT molecular complexity index is 715. The van der Waals surface area contributed by atoms with Crippen LogP contribution < -0.4 is 4.90 Å². The van der Waals surface area contributed by atoms with Crippen LogP contribution in [0.4, 0.5) is 5.82 Å². The van der Waals surface area contributed by atoms with Crippen LogP contribution in [0.1, 0.15) is 67.3 Å². The van der Waals surface area contributed by atoms with Crippen molar-refractivity contribution < 1.29 is 4.79 Å². The predicted molar refractivity (Wildman–Crippen MR) is 87.9 cm³/mol. The van der Waals surface area contributed by atoms with Crippen molar-refractivity contribution in [2.24, 2.45) is 4.99 Å². The van der Waals surface area contributed by atoms with E-state index in [1.165, 1.54) is 19.3 Å². The summed E-state index contributed by atoms with van der Waals surface area (Å²) in [4.78, 5) is 26.7. The number of aliphatic imine (C=N–C) groups is 1. The van der Waals surface area contributed by atoms with E-state index < -0.39 is 0 Å². The molecule has 0 saturated heterocycles. The van der Waals surface area contributed by atoms with E-state index in [2.05, 4.69) is 9.47 Å². The highest BCUT2D eigenvalue weighted by Crippen LogP contribution is 2.42. The zero-order valence-corrected chi connectivity index (χ0v) is 13.8. The van der Waals surface area contributed by atoms with E-state index in [0.29, 0.717) is 18.1 Å². The number of aromatic nitrogens is 2. The summed E-state index contributed by atoms with van der Waals surface area (Å²) in [5, 5.41) is 0. The largest absolute Gasteiger partial charge is 0.319 e. The quantitative estimate of drug-likeness (QED) is 0.800. The smallest absolute Gasteiger partial charge is 0.280 e. The van der Waals surface area contributed by atoms with Crippen molar-refractivity contribution in [2.45, 2.75) is 70.0 Å².